The fraction of sp³-hybridized carbons (Fsp3) is 0.240. The molecule has 0 heterocycles. The van der Waals surface area contributed by atoms with E-state index in [-0.39, 0.29) is 10.8 Å². The van der Waals surface area contributed by atoms with Gasteiger partial charge in [0.25, 0.3) is 5.91 Å². The summed E-state index contributed by atoms with van der Waals surface area (Å²) in [7, 11) is -3.87. The molecule has 3 aromatic rings. The third-order valence-electron chi connectivity index (χ3n) is 5.36. The zero-order chi connectivity index (χ0) is 23.1. The van der Waals surface area contributed by atoms with Gasteiger partial charge >= 0.3 is 0 Å². The van der Waals surface area contributed by atoms with Gasteiger partial charge in [0.15, 0.2) is 0 Å². The van der Waals surface area contributed by atoms with Crippen molar-refractivity contribution in [1.82, 2.24) is 10.1 Å². The Morgan fingerprint density at radius 1 is 0.875 bits per heavy atom. The van der Waals surface area contributed by atoms with Crippen LogP contribution in [0, 0.1) is 12.8 Å². The van der Waals surface area contributed by atoms with Gasteiger partial charge in [0, 0.05) is 0 Å². The number of sulfonamides is 1. The molecule has 0 unspecified atom stereocenters. The lowest BCUT2D eigenvalue weighted by Gasteiger charge is -2.30. The highest BCUT2D eigenvalue weighted by molar-refractivity contribution is 7.89. The van der Waals surface area contributed by atoms with Crippen LogP contribution in [0.4, 0.5) is 11.4 Å². The van der Waals surface area contributed by atoms with Gasteiger partial charge in [-0.25, -0.2) is 8.42 Å². The van der Waals surface area contributed by atoms with Crippen molar-refractivity contribution in [2.75, 3.05) is 5.01 Å². The zero-order valence-electron chi connectivity index (χ0n) is 18.5. The monoisotopic (exact) mass is 451 g/mol. The molecule has 32 heavy (non-hydrogen) atoms. The highest BCUT2D eigenvalue weighted by Gasteiger charge is 2.31. The second kappa shape index (κ2) is 10.4. The summed E-state index contributed by atoms with van der Waals surface area (Å²) < 4.78 is 28.6. The molecule has 1 amide bonds. The molecule has 0 aliphatic rings. The third kappa shape index (κ3) is 5.75. The minimum absolute atomic E-state index is 0.132. The van der Waals surface area contributed by atoms with Crippen LogP contribution in [0.15, 0.2) is 89.8 Å². The van der Waals surface area contributed by atoms with Crippen molar-refractivity contribution < 1.29 is 13.2 Å². The summed E-state index contributed by atoms with van der Waals surface area (Å²) in [6.45, 7) is 5.68. The molecular formula is C25H29N3O3S. The van der Waals surface area contributed by atoms with Gasteiger partial charge in [-0.15, -0.1) is 0 Å². The first-order valence-electron chi connectivity index (χ1n) is 10.6. The maximum absolute atomic E-state index is 13.4. The number of carbonyl (C=O) groups excluding carboxylic acids is 1. The van der Waals surface area contributed by atoms with E-state index in [0.717, 1.165) is 16.9 Å². The smallest absolute Gasteiger partial charge is 0.257 e. The van der Waals surface area contributed by atoms with Crippen molar-refractivity contribution in [3.63, 3.8) is 0 Å². The predicted octanol–water partition coefficient (Wildman–Crippen LogP) is 4.56. The van der Waals surface area contributed by atoms with E-state index in [1.807, 2.05) is 81.4 Å². The number of anilines is 2. The summed E-state index contributed by atoms with van der Waals surface area (Å²) in [5, 5.41) is 1.66. The largest absolute Gasteiger partial charge is 0.271 e. The van der Waals surface area contributed by atoms with E-state index in [4.69, 9.17) is 0 Å². The predicted molar refractivity (Wildman–Crippen MR) is 128 cm³/mol. The lowest BCUT2D eigenvalue weighted by Crippen LogP contribution is -2.53. The van der Waals surface area contributed by atoms with Crippen molar-refractivity contribution >= 4 is 27.3 Å². The zero-order valence-corrected chi connectivity index (χ0v) is 19.3. The first-order valence-corrected chi connectivity index (χ1v) is 12.1. The van der Waals surface area contributed by atoms with E-state index in [2.05, 4.69) is 10.1 Å². The average Bonchev–Trinajstić information content (AvgIpc) is 2.81. The summed E-state index contributed by atoms with van der Waals surface area (Å²) in [4.78, 5) is 13.5. The number of hydrazine groups is 1. The highest BCUT2D eigenvalue weighted by atomic mass is 32.2. The molecule has 2 N–H and O–H groups in total. The average molecular weight is 452 g/mol. The first-order chi connectivity index (χ1) is 15.3. The lowest BCUT2D eigenvalue weighted by molar-refractivity contribution is -0.123. The molecule has 168 valence electrons. The van der Waals surface area contributed by atoms with Gasteiger partial charge in [0.2, 0.25) is 10.0 Å². The number of aryl methyl sites for hydroxylation is 1. The van der Waals surface area contributed by atoms with E-state index in [9.17, 15) is 13.2 Å². The molecule has 0 saturated carbocycles. The number of nitrogens with one attached hydrogen (secondary N) is 2. The molecule has 7 heteroatoms. The molecule has 0 radical (unpaired) electrons. The molecule has 6 nitrogen and oxygen atoms in total. The Kier molecular flexibility index (Phi) is 7.66. The van der Waals surface area contributed by atoms with E-state index in [0.29, 0.717) is 6.42 Å². The molecule has 3 aromatic carbocycles. The van der Waals surface area contributed by atoms with Crippen molar-refractivity contribution in [2.24, 2.45) is 5.92 Å². The minimum Gasteiger partial charge on any atom is -0.271 e. The van der Waals surface area contributed by atoms with Gasteiger partial charge in [-0.2, -0.15) is 4.72 Å². The summed E-state index contributed by atoms with van der Waals surface area (Å²) >= 11 is 0. The summed E-state index contributed by atoms with van der Waals surface area (Å²) in [5.74, 6) is -0.647. The number of hydrogen-bond acceptors (Lipinski definition) is 4. The van der Waals surface area contributed by atoms with Crippen molar-refractivity contribution in [3.05, 3.63) is 90.5 Å². The number of benzene rings is 3. The number of hydrogen-bond donors (Lipinski definition) is 2. The number of carbonyl (C=O) groups is 1. The lowest BCUT2D eigenvalue weighted by atomic mass is 10.00. The topological polar surface area (TPSA) is 78.5 Å². The van der Waals surface area contributed by atoms with Crippen LogP contribution in [-0.2, 0) is 14.8 Å². The van der Waals surface area contributed by atoms with Crippen LogP contribution in [0.5, 0.6) is 0 Å². The number of nitrogens with zero attached hydrogens (tertiary/aromatic N) is 1. The van der Waals surface area contributed by atoms with Crippen LogP contribution >= 0.6 is 0 Å². The Balaban J connectivity index is 1.90. The van der Waals surface area contributed by atoms with Gasteiger partial charge in [0.05, 0.1) is 16.3 Å². The van der Waals surface area contributed by atoms with E-state index >= 15 is 0 Å². The molecule has 0 spiro atoms. The Morgan fingerprint density at radius 2 is 1.38 bits per heavy atom. The normalized spacial score (nSPS) is 13.2. The number of rotatable bonds is 9. The molecule has 0 aliphatic carbocycles. The second-order valence-electron chi connectivity index (χ2n) is 7.78. The molecule has 0 saturated heterocycles. The highest BCUT2D eigenvalue weighted by Crippen LogP contribution is 2.23. The van der Waals surface area contributed by atoms with E-state index in [1.54, 1.807) is 29.3 Å². The SMILES string of the molecule is CC[C@H](C)[C@@H](NS(=O)(=O)c1ccc(C)cc1)C(=O)NN(c1ccccc1)c1ccccc1. The Bertz CT molecular complexity index is 1080. The number of amides is 1. The van der Waals surface area contributed by atoms with Crippen LogP contribution in [0.1, 0.15) is 25.8 Å². The Labute approximate surface area is 190 Å². The van der Waals surface area contributed by atoms with E-state index < -0.39 is 22.0 Å². The molecular weight excluding hydrogens is 422 g/mol. The van der Waals surface area contributed by atoms with Crippen LogP contribution in [0.25, 0.3) is 0 Å². The summed E-state index contributed by atoms with van der Waals surface area (Å²) in [6, 6.07) is 24.4. The van der Waals surface area contributed by atoms with Crippen LogP contribution < -0.4 is 15.2 Å². The van der Waals surface area contributed by atoms with Crippen LogP contribution in [0.3, 0.4) is 0 Å². The third-order valence-corrected chi connectivity index (χ3v) is 6.82. The van der Waals surface area contributed by atoms with Gasteiger partial charge in [-0.3, -0.25) is 15.2 Å². The van der Waals surface area contributed by atoms with Crippen molar-refractivity contribution in [3.8, 4) is 0 Å². The maximum Gasteiger partial charge on any atom is 0.257 e. The first kappa shape index (κ1) is 23.5. The van der Waals surface area contributed by atoms with Crippen LogP contribution in [-0.4, -0.2) is 20.4 Å². The minimum atomic E-state index is -3.87. The summed E-state index contributed by atoms with van der Waals surface area (Å²) in [5.41, 5.74) is 5.40. The van der Waals surface area contributed by atoms with Gasteiger partial charge in [-0.1, -0.05) is 74.4 Å². The Morgan fingerprint density at radius 3 is 1.84 bits per heavy atom. The Hall–Kier alpha value is -3.16. The molecule has 2 atom stereocenters. The molecule has 0 fully saturated rings. The summed E-state index contributed by atoms with van der Waals surface area (Å²) in [6.07, 6.45) is 0.630. The van der Waals surface area contributed by atoms with Crippen LogP contribution in [0.2, 0.25) is 0 Å². The standard InChI is InChI=1S/C25H29N3O3S/c1-4-20(3)24(27-32(30,31)23-17-15-19(2)16-18-23)25(29)26-28(21-11-7-5-8-12-21)22-13-9-6-10-14-22/h5-18,20,24,27H,4H2,1-3H3,(H,26,29)/t20-,24+/m0/s1. The van der Waals surface area contributed by atoms with Crippen molar-refractivity contribution in [1.29, 1.82) is 0 Å². The second-order valence-corrected chi connectivity index (χ2v) is 9.49. The van der Waals surface area contributed by atoms with Gasteiger partial charge in [0.1, 0.15) is 6.04 Å². The van der Waals surface area contributed by atoms with Gasteiger partial charge in [-0.05, 0) is 49.2 Å². The quantitative estimate of drug-likeness (QED) is 0.468. The van der Waals surface area contributed by atoms with Crippen molar-refractivity contribution in [2.45, 2.75) is 38.1 Å². The molecule has 0 aromatic heterocycles. The maximum atomic E-state index is 13.4. The number of para-hydroxylation sites is 2. The fourth-order valence-electron chi connectivity index (χ4n) is 3.23. The molecule has 0 aliphatic heterocycles. The molecule has 0 bridgehead atoms. The molecule has 3 rings (SSSR count). The fourth-order valence-corrected chi connectivity index (χ4v) is 4.53. The van der Waals surface area contributed by atoms with E-state index in [1.165, 1.54) is 0 Å². The van der Waals surface area contributed by atoms with Gasteiger partial charge < -0.3 is 0 Å².